The standard InChI is InChI=1S/C26H30N4O9/c27-17(11-15-7-3-1-4-8-15)23(35)28-19(13-21(31)32)25(37)29-18(12-16-9-5-2-6-10-16)24(36)30-20(26(38)39)14-22(33)34/h1-10,17-20H,11-14,27H2,(H,28,35)(H,29,37)(H,30,36)(H,31,32)(H,33,34)(H,38,39)/t17-,18-,19-,20-/m0/s1. The molecule has 0 spiro atoms. The van der Waals surface area contributed by atoms with E-state index in [9.17, 15) is 39.0 Å². The Hall–Kier alpha value is -4.78. The molecule has 39 heavy (non-hydrogen) atoms. The first kappa shape index (κ1) is 30.4. The van der Waals surface area contributed by atoms with Crippen LogP contribution in [0.2, 0.25) is 0 Å². The lowest BCUT2D eigenvalue weighted by Crippen LogP contribution is -2.58. The van der Waals surface area contributed by atoms with Gasteiger partial charge in [0.2, 0.25) is 17.7 Å². The summed E-state index contributed by atoms with van der Waals surface area (Å²) in [7, 11) is 0. The zero-order valence-corrected chi connectivity index (χ0v) is 20.8. The summed E-state index contributed by atoms with van der Waals surface area (Å²) in [5.74, 6) is -7.32. The third kappa shape index (κ3) is 10.6. The summed E-state index contributed by atoms with van der Waals surface area (Å²) in [6.45, 7) is 0. The number of nitrogens with one attached hydrogen (secondary N) is 3. The number of hydrogen-bond donors (Lipinski definition) is 7. The van der Waals surface area contributed by atoms with E-state index in [4.69, 9.17) is 10.8 Å². The van der Waals surface area contributed by atoms with E-state index >= 15 is 0 Å². The molecule has 0 aromatic heterocycles. The average molecular weight is 543 g/mol. The summed E-state index contributed by atoms with van der Waals surface area (Å²) in [5.41, 5.74) is 7.25. The Balaban J connectivity index is 2.21. The number of hydrogen-bond acceptors (Lipinski definition) is 7. The zero-order valence-electron chi connectivity index (χ0n) is 20.8. The molecule has 0 aliphatic heterocycles. The van der Waals surface area contributed by atoms with Gasteiger partial charge in [-0.15, -0.1) is 0 Å². The van der Waals surface area contributed by atoms with Crippen LogP contribution in [0.25, 0.3) is 0 Å². The number of carbonyl (C=O) groups is 6. The van der Waals surface area contributed by atoms with Crippen LogP contribution in [-0.2, 0) is 41.6 Å². The van der Waals surface area contributed by atoms with Gasteiger partial charge in [0, 0.05) is 6.42 Å². The van der Waals surface area contributed by atoms with Gasteiger partial charge in [-0.3, -0.25) is 24.0 Å². The summed E-state index contributed by atoms with van der Waals surface area (Å²) in [4.78, 5) is 72.6. The second-order valence-electron chi connectivity index (χ2n) is 8.70. The number of benzene rings is 2. The Labute approximate surface area is 223 Å². The summed E-state index contributed by atoms with van der Waals surface area (Å²) in [5, 5.41) is 34.3. The minimum absolute atomic E-state index is 0.118. The molecule has 4 atom stereocenters. The molecule has 2 aromatic rings. The van der Waals surface area contributed by atoms with Crippen LogP contribution in [0, 0.1) is 0 Å². The van der Waals surface area contributed by atoms with E-state index in [1.807, 2.05) is 0 Å². The molecule has 2 rings (SSSR count). The fourth-order valence-electron chi connectivity index (χ4n) is 3.60. The van der Waals surface area contributed by atoms with Gasteiger partial charge in [0.25, 0.3) is 0 Å². The van der Waals surface area contributed by atoms with E-state index in [-0.39, 0.29) is 12.8 Å². The van der Waals surface area contributed by atoms with Gasteiger partial charge in [-0.1, -0.05) is 60.7 Å². The summed E-state index contributed by atoms with van der Waals surface area (Å²) >= 11 is 0. The summed E-state index contributed by atoms with van der Waals surface area (Å²) in [6, 6.07) is 11.2. The van der Waals surface area contributed by atoms with Crippen molar-refractivity contribution < 1.29 is 44.1 Å². The highest BCUT2D eigenvalue weighted by Crippen LogP contribution is 2.07. The lowest BCUT2D eigenvalue weighted by Gasteiger charge is -2.24. The van der Waals surface area contributed by atoms with Gasteiger partial charge in [0.15, 0.2) is 0 Å². The number of amides is 3. The maximum atomic E-state index is 13.1. The number of rotatable bonds is 15. The van der Waals surface area contributed by atoms with Gasteiger partial charge in [-0.25, -0.2) is 4.79 Å². The van der Waals surface area contributed by atoms with Gasteiger partial charge >= 0.3 is 17.9 Å². The van der Waals surface area contributed by atoms with Crippen molar-refractivity contribution in [3.05, 3.63) is 71.8 Å². The van der Waals surface area contributed by atoms with Crippen LogP contribution in [0.4, 0.5) is 0 Å². The molecule has 0 saturated carbocycles. The third-order valence-corrected chi connectivity index (χ3v) is 5.56. The molecule has 8 N–H and O–H groups in total. The second kappa shape index (κ2) is 14.8. The van der Waals surface area contributed by atoms with Crippen molar-refractivity contribution in [2.45, 2.75) is 49.9 Å². The topological polar surface area (TPSA) is 225 Å². The van der Waals surface area contributed by atoms with E-state index in [2.05, 4.69) is 16.0 Å². The van der Waals surface area contributed by atoms with E-state index in [1.165, 1.54) is 0 Å². The molecule has 3 amide bonds. The van der Waals surface area contributed by atoms with Gasteiger partial charge in [0.05, 0.1) is 18.9 Å². The Morgan fingerprint density at radius 2 is 1.00 bits per heavy atom. The smallest absolute Gasteiger partial charge is 0.326 e. The van der Waals surface area contributed by atoms with E-state index < -0.39 is 72.6 Å². The molecule has 208 valence electrons. The first-order valence-electron chi connectivity index (χ1n) is 11.9. The molecule has 0 fully saturated rings. The van der Waals surface area contributed by atoms with Gasteiger partial charge < -0.3 is 37.0 Å². The van der Waals surface area contributed by atoms with Crippen molar-refractivity contribution in [2.75, 3.05) is 0 Å². The molecule has 13 heteroatoms. The van der Waals surface area contributed by atoms with Gasteiger partial charge in [-0.2, -0.15) is 0 Å². The van der Waals surface area contributed by atoms with Crippen LogP contribution < -0.4 is 21.7 Å². The number of carboxylic acid groups (broad SMARTS) is 3. The normalized spacial score (nSPS) is 13.7. The van der Waals surface area contributed by atoms with Crippen LogP contribution in [0.3, 0.4) is 0 Å². The van der Waals surface area contributed by atoms with Crippen LogP contribution in [0.1, 0.15) is 24.0 Å². The molecule has 0 radical (unpaired) electrons. The van der Waals surface area contributed by atoms with Crippen molar-refractivity contribution in [1.29, 1.82) is 0 Å². The zero-order chi connectivity index (χ0) is 28.9. The fourth-order valence-corrected chi connectivity index (χ4v) is 3.60. The monoisotopic (exact) mass is 542 g/mol. The van der Waals surface area contributed by atoms with Crippen molar-refractivity contribution in [3.8, 4) is 0 Å². The maximum absolute atomic E-state index is 13.1. The lowest BCUT2D eigenvalue weighted by molar-refractivity contribution is -0.147. The van der Waals surface area contributed by atoms with Crippen molar-refractivity contribution >= 4 is 35.6 Å². The first-order chi connectivity index (χ1) is 18.5. The molecular weight excluding hydrogens is 512 g/mol. The number of aliphatic carboxylic acids is 3. The Bertz CT molecular complexity index is 1170. The molecule has 0 heterocycles. The summed E-state index contributed by atoms with van der Waals surface area (Å²) < 4.78 is 0. The minimum Gasteiger partial charge on any atom is -0.481 e. The molecule has 0 aliphatic carbocycles. The Morgan fingerprint density at radius 3 is 1.49 bits per heavy atom. The van der Waals surface area contributed by atoms with Crippen LogP contribution in [0.5, 0.6) is 0 Å². The SMILES string of the molecule is N[C@@H](Cc1ccccc1)C(=O)N[C@@H](CC(=O)O)C(=O)N[C@@H](Cc1ccccc1)C(=O)N[C@@H](CC(=O)O)C(=O)O. The van der Waals surface area contributed by atoms with Crippen LogP contribution in [-0.4, -0.2) is 75.1 Å². The summed E-state index contributed by atoms with van der Waals surface area (Å²) in [6.07, 6.45) is -1.76. The number of carboxylic acids is 3. The second-order valence-corrected chi connectivity index (χ2v) is 8.70. The highest BCUT2D eigenvalue weighted by atomic mass is 16.4. The largest absolute Gasteiger partial charge is 0.481 e. The average Bonchev–Trinajstić information content (AvgIpc) is 2.88. The van der Waals surface area contributed by atoms with Crippen molar-refractivity contribution in [3.63, 3.8) is 0 Å². The molecule has 0 saturated heterocycles. The molecule has 13 nitrogen and oxygen atoms in total. The number of carbonyl (C=O) groups excluding carboxylic acids is 3. The Morgan fingerprint density at radius 1 is 0.590 bits per heavy atom. The fraction of sp³-hybridized carbons (Fsp3) is 0.308. The number of nitrogens with two attached hydrogens (primary N) is 1. The van der Waals surface area contributed by atoms with E-state index in [0.717, 1.165) is 5.56 Å². The predicted octanol–water partition coefficient (Wildman–Crippen LogP) is -0.712. The van der Waals surface area contributed by atoms with Gasteiger partial charge in [0.1, 0.15) is 18.1 Å². The molecule has 0 unspecified atom stereocenters. The van der Waals surface area contributed by atoms with Crippen LogP contribution >= 0.6 is 0 Å². The predicted molar refractivity (Wildman–Crippen MR) is 136 cm³/mol. The molecule has 2 aromatic carbocycles. The van der Waals surface area contributed by atoms with Crippen LogP contribution in [0.15, 0.2) is 60.7 Å². The highest BCUT2D eigenvalue weighted by Gasteiger charge is 2.32. The third-order valence-electron chi connectivity index (χ3n) is 5.56. The maximum Gasteiger partial charge on any atom is 0.326 e. The van der Waals surface area contributed by atoms with Crippen molar-refractivity contribution in [2.24, 2.45) is 5.73 Å². The molecule has 0 aliphatic rings. The Kier molecular flexibility index (Phi) is 11.6. The molecular formula is C26H30N4O9. The highest BCUT2D eigenvalue weighted by molar-refractivity contribution is 5.96. The lowest BCUT2D eigenvalue weighted by atomic mass is 10.0. The van der Waals surface area contributed by atoms with Gasteiger partial charge in [-0.05, 0) is 17.5 Å². The van der Waals surface area contributed by atoms with E-state index in [0.29, 0.717) is 5.56 Å². The van der Waals surface area contributed by atoms with Crippen molar-refractivity contribution in [1.82, 2.24) is 16.0 Å². The van der Waals surface area contributed by atoms with E-state index in [1.54, 1.807) is 60.7 Å². The quantitative estimate of drug-likeness (QED) is 0.150. The minimum atomic E-state index is -1.78. The molecule has 0 bridgehead atoms. The first-order valence-corrected chi connectivity index (χ1v) is 11.9.